The number of carboxylic acid groups (broad SMARTS) is 1. The van der Waals surface area contributed by atoms with Crippen LogP contribution in [0.4, 0.5) is 4.79 Å². The molecule has 0 unspecified atom stereocenters. The molecule has 21 heavy (non-hydrogen) atoms. The Bertz CT molecular complexity index is 378. The smallest absolute Gasteiger partial charge is 0.407 e. The van der Waals surface area contributed by atoms with Gasteiger partial charge in [-0.1, -0.05) is 5.16 Å². The first-order valence-electron chi connectivity index (χ1n) is 7.91. The van der Waals surface area contributed by atoms with Gasteiger partial charge in [0.1, 0.15) is 7.11 Å². The van der Waals surface area contributed by atoms with E-state index in [9.17, 15) is 4.79 Å². The molecule has 120 valence electrons. The molecule has 6 nitrogen and oxygen atoms in total. The van der Waals surface area contributed by atoms with E-state index in [0.717, 1.165) is 50.9 Å². The van der Waals surface area contributed by atoms with Crippen LogP contribution < -0.4 is 0 Å². The van der Waals surface area contributed by atoms with Crippen LogP contribution in [0.2, 0.25) is 0 Å². The number of nitrogens with zero attached hydrogens (tertiary/aromatic N) is 3. The first-order chi connectivity index (χ1) is 10.1. The number of oxime groups is 1. The Balaban J connectivity index is 1.82. The Morgan fingerprint density at radius 1 is 1.14 bits per heavy atom. The van der Waals surface area contributed by atoms with E-state index in [2.05, 4.69) is 10.1 Å². The molecule has 0 bridgehead atoms. The van der Waals surface area contributed by atoms with Gasteiger partial charge in [-0.2, -0.15) is 0 Å². The van der Waals surface area contributed by atoms with Crippen molar-refractivity contribution < 1.29 is 14.7 Å². The second kappa shape index (κ2) is 7.64. The number of hydrogen-bond donors (Lipinski definition) is 1. The molecule has 6 heteroatoms. The van der Waals surface area contributed by atoms with E-state index in [1.165, 1.54) is 0 Å². The van der Waals surface area contributed by atoms with Gasteiger partial charge in [0, 0.05) is 25.0 Å². The number of hydrogen-bond acceptors (Lipinski definition) is 4. The molecule has 0 spiro atoms. The van der Waals surface area contributed by atoms with Crippen molar-refractivity contribution in [1.82, 2.24) is 9.80 Å². The van der Waals surface area contributed by atoms with E-state index in [4.69, 9.17) is 9.94 Å². The van der Waals surface area contributed by atoms with Gasteiger partial charge in [0.2, 0.25) is 0 Å². The maximum absolute atomic E-state index is 11.1. The summed E-state index contributed by atoms with van der Waals surface area (Å²) in [7, 11) is 1.60. The molecule has 1 N–H and O–H groups in total. The third-order valence-electron chi connectivity index (χ3n) is 4.84. The minimum atomic E-state index is -0.777. The van der Waals surface area contributed by atoms with Gasteiger partial charge in [0.15, 0.2) is 0 Å². The molecule has 2 saturated heterocycles. The summed E-state index contributed by atoms with van der Waals surface area (Å²) in [5.41, 5.74) is 1.09. The third-order valence-corrected chi connectivity index (χ3v) is 4.84. The molecule has 0 aromatic heterocycles. The first-order valence-corrected chi connectivity index (χ1v) is 7.91. The van der Waals surface area contributed by atoms with Crippen molar-refractivity contribution in [3.8, 4) is 0 Å². The van der Waals surface area contributed by atoms with Crippen molar-refractivity contribution in [2.75, 3.05) is 33.3 Å². The van der Waals surface area contributed by atoms with Gasteiger partial charge in [-0.25, -0.2) is 4.79 Å². The van der Waals surface area contributed by atoms with Crippen molar-refractivity contribution in [1.29, 1.82) is 0 Å². The van der Waals surface area contributed by atoms with Crippen LogP contribution in [-0.4, -0.2) is 66.0 Å². The lowest BCUT2D eigenvalue weighted by Gasteiger charge is -2.37. The molecule has 1 atom stereocenters. The quantitative estimate of drug-likeness (QED) is 0.641. The van der Waals surface area contributed by atoms with Crippen LogP contribution in [0, 0.1) is 5.92 Å². The van der Waals surface area contributed by atoms with Gasteiger partial charge in [0.25, 0.3) is 0 Å². The molecule has 0 aromatic carbocycles. The zero-order valence-corrected chi connectivity index (χ0v) is 13.1. The van der Waals surface area contributed by atoms with E-state index in [0.29, 0.717) is 25.0 Å². The second-order valence-electron chi connectivity index (χ2n) is 6.08. The normalized spacial score (nSPS) is 26.5. The molecule has 0 radical (unpaired) electrons. The summed E-state index contributed by atoms with van der Waals surface area (Å²) in [5, 5.41) is 13.1. The van der Waals surface area contributed by atoms with E-state index in [-0.39, 0.29) is 0 Å². The standard InChI is InChI=1S/C15H27N3O3/c1-12(16-21-2)13-5-9-17(10-6-13)14-4-3-8-18(11-7-14)15(19)20/h13-14H,3-11H2,1-2H3,(H,19,20)/t14-/m0/s1. The maximum Gasteiger partial charge on any atom is 0.407 e. The van der Waals surface area contributed by atoms with E-state index >= 15 is 0 Å². The van der Waals surface area contributed by atoms with E-state index in [1.807, 2.05) is 6.92 Å². The van der Waals surface area contributed by atoms with Gasteiger partial charge in [0.05, 0.1) is 5.71 Å². The number of piperidine rings is 1. The van der Waals surface area contributed by atoms with Crippen molar-refractivity contribution in [3.05, 3.63) is 0 Å². The highest BCUT2D eigenvalue weighted by molar-refractivity contribution is 5.83. The largest absolute Gasteiger partial charge is 0.465 e. The molecule has 0 aliphatic carbocycles. The Morgan fingerprint density at radius 2 is 1.86 bits per heavy atom. The van der Waals surface area contributed by atoms with E-state index < -0.39 is 6.09 Å². The van der Waals surface area contributed by atoms with Gasteiger partial charge >= 0.3 is 6.09 Å². The minimum absolute atomic E-state index is 0.530. The average molecular weight is 297 g/mol. The fraction of sp³-hybridized carbons (Fsp3) is 0.867. The number of rotatable bonds is 3. The van der Waals surface area contributed by atoms with Crippen molar-refractivity contribution >= 4 is 11.8 Å². The molecular formula is C15H27N3O3. The predicted molar refractivity (Wildman–Crippen MR) is 81.7 cm³/mol. The molecule has 0 aromatic rings. The zero-order chi connectivity index (χ0) is 15.2. The highest BCUT2D eigenvalue weighted by Crippen LogP contribution is 2.25. The summed E-state index contributed by atoms with van der Waals surface area (Å²) in [6.45, 7) is 5.56. The molecular weight excluding hydrogens is 270 g/mol. The highest BCUT2D eigenvalue weighted by atomic mass is 16.6. The Morgan fingerprint density at radius 3 is 2.48 bits per heavy atom. The number of amides is 1. The summed E-state index contributed by atoms with van der Waals surface area (Å²) in [5.74, 6) is 0.530. The van der Waals surface area contributed by atoms with Gasteiger partial charge in [-0.15, -0.1) is 0 Å². The SMILES string of the molecule is CON=C(C)C1CCN([C@H]2CCCN(C(=O)O)CC2)CC1. The fourth-order valence-corrected chi connectivity index (χ4v) is 3.54. The topological polar surface area (TPSA) is 65.4 Å². The highest BCUT2D eigenvalue weighted by Gasteiger charge is 2.28. The van der Waals surface area contributed by atoms with Crippen LogP contribution in [0.25, 0.3) is 0 Å². The zero-order valence-electron chi connectivity index (χ0n) is 13.1. The van der Waals surface area contributed by atoms with Gasteiger partial charge in [-0.05, 0) is 52.1 Å². The summed E-state index contributed by atoms with van der Waals surface area (Å²) in [4.78, 5) is 20.0. The maximum atomic E-state index is 11.1. The van der Waals surface area contributed by atoms with Crippen LogP contribution in [0.5, 0.6) is 0 Å². The summed E-state index contributed by atoms with van der Waals surface area (Å²) < 4.78 is 0. The van der Waals surface area contributed by atoms with Crippen LogP contribution >= 0.6 is 0 Å². The molecule has 2 aliphatic heterocycles. The molecule has 2 heterocycles. The molecule has 2 fully saturated rings. The van der Waals surface area contributed by atoms with Crippen LogP contribution in [-0.2, 0) is 4.84 Å². The van der Waals surface area contributed by atoms with Gasteiger partial charge in [-0.3, -0.25) is 0 Å². The molecule has 0 saturated carbocycles. The Hall–Kier alpha value is -1.30. The molecule has 2 rings (SSSR count). The van der Waals surface area contributed by atoms with Crippen LogP contribution in [0.3, 0.4) is 0 Å². The van der Waals surface area contributed by atoms with Gasteiger partial charge < -0.3 is 19.7 Å². The summed E-state index contributed by atoms with van der Waals surface area (Å²) in [6, 6.07) is 0.537. The van der Waals surface area contributed by atoms with Crippen LogP contribution in [0.15, 0.2) is 5.16 Å². The van der Waals surface area contributed by atoms with Crippen molar-refractivity contribution in [2.45, 2.75) is 45.1 Å². The molecule has 2 aliphatic rings. The lowest BCUT2D eigenvalue weighted by Crippen LogP contribution is -2.43. The average Bonchev–Trinajstić information content (AvgIpc) is 2.73. The minimum Gasteiger partial charge on any atom is -0.465 e. The monoisotopic (exact) mass is 297 g/mol. The first kappa shape index (κ1) is 16.1. The van der Waals surface area contributed by atoms with Crippen LogP contribution in [0.1, 0.15) is 39.0 Å². The lowest BCUT2D eigenvalue weighted by molar-refractivity contribution is 0.129. The number of carbonyl (C=O) groups is 1. The van der Waals surface area contributed by atoms with E-state index in [1.54, 1.807) is 12.0 Å². The Kier molecular flexibility index (Phi) is 5.85. The third kappa shape index (κ3) is 4.33. The molecule has 1 amide bonds. The van der Waals surface area contributed by atoms with Crippen molar-refractivity contribution in [2.24, 2.45) is 11.1 Å². The fourth-order valence-electron chi connectivity index (χ4n) is 3.54. The summed E-state index contributed by atoms with van der Waals surface area (Å²) >= 11 is 0. The number of likely N-dealkylation sites (tertiary alicyclic amines) is 2. The summed E-state index contributed by atoms with van der Waals surface area (Å²) in [6.07, 6.45) is 4.51. The Labute approximate surface area is 126 Å². The lowest BCUT2D eigenvalue weighted by atomic mass is 9.91. The van der Waals surface area contributed by atoms with Crippen molar-refractivity contribution in [3.63, 3.8) is 0 Å². The predicted octanol–water partition coefficient (Wildman–Crippen LogP) is 2.25. The second-order valence-corrected chi connectivity index (χ2v) is 6.08.